The van der Waals surface area contributed by atoms with E-state index in [1.165, 1.54) is 4.90 Å². The van der Waals surface area contributed by atoms with E-state index in [0.29, 0.717) is 12.8 Å². The maximum absolute atomic E-state index is 11.0. The van der Waals surface area contributed by atoms with Crippen molar-refractivity contribution in [3.63, 3.8) is 0 Å². The lowest BCUT2D eigenvalue weighted by Gasteiger charge is -2.36. The quantitative estimate of drug-likeness (QED) is 0.764. The van der Waals surface area contributed by atoms with Gasteiger partial charge in [0.1, 0.15) is 0 Å². The molecule has 0 aromatic carbocycles. The Morgan fingerprint density at radius 2 is 1.88 bits per heavy atom. The lowest BCUT2D eigenvalue weighted by atomic mass is 9.92. The van der Waals surface area contributed by atoms with Gasteiger partial charge in [-0.1, -0.05) is 0 Å². The van der Waals surface area contributed by atoms with E-state index in [4.69, 9.17) is 9.29 Å². The Morgan fingerprint density at radius 1 is 1.35 bits per heavy atom. The second-order valence-corrected chi connectivity index (χ2v) is 6.54. The zero-order chi connectivity index (χ0) is 12.6. The summed E-state index contributed by atoms with van der Waals surface area (Å²) in [5.41, 5.74) is 0. The second-order valence-electron chi connectivity index (χ2n) is 4.90. The van der Waals surface area contributed by atoms with Crippen molar-refractivity contribution < 1.29 is 22.5 Å². The van der Waals surface area contributed by atoms with Crippen LogP contribution in [0.4, 0.5) is 4.79 Å². The molecule has 2 fully saturated rings. The molecule has 0 radical (unpaired) electrons. The van der Waals surface area contributed by atoms with E-state index in [1.807, 2.05) is 0 Å². The number of nitrogens with zero attached hydrogens (tertiary/aromatic N) is 1. The van der Waals surface area contributed by atoms with Crippen LogP contribution in [0.2, 0.25) is 0 Å². The van der Waals surface area contributed by atoms with Gasteiger partial charge >= 0.3 is 6.09 Å². The zero-order valence-electron chi connectivity index (χ0n) is 9.70. The van der Waals surface area contributed by atoms with Crippen LogP contribution in [-0.4, -0.2) is 49.5 Å². The van der Waals surface area contributed by atoms with Crippen LogP contribution in [-0.2, 0) is 14.3 Å². The van der Waals surface area contributed by atoms with Crippen LogP contribution in [0.1, 0.15) is 25.7 Å². The predicted molar refractivity (Wildman–Crippen MR) is 60.2 cm³/mol. The molecule has 6 nitrogen and oxygen atoms in total. The summed E-state index contributed by atoms with van der Waals surface area (Å²) in [5.74, 6) is 0.151. The van der Waals surface area contributed by atoms with E-state index < -0.39 is 16.2 Å². The molecule has 98 valence electrons. The molecule has 2 aliphatic heterocycles. The molecule has 7 heteroatoms. The number of hydrogen-bond donors (Lipinski definition) is 1. The summed E-state index contributed by atoms with van der Waals surface area (Å²) in [6.45, 7) is 0.180. The number of carbonyl (C=O) groups is 1. The lowest BCUT2D eigenvalue weighted by Crippen LogP contribution is -2.46. The Hall–Kier alpha value is -0.820. The molecule has 1 amide bonds. The number of fused-ring (bicyclic) bond motifs is 2. The van der Waals surface area contributed by atoms with Gasteiger partial charge < -0.3 is 10.0 Å². The van der Waals surface area contributed by atoms with Gasteiger partial charge in [-0.15, -0.1) is 0 Å². The van der Waals surface area contributed by atoms with Crippen LogP contribution in [0.3, 0.4) is 0 Å². The van der Waals surface area contributed by atoms with Crippen LogP contribution in [0, 0.1) is 5.92 Å². The molecule has 2 saturated heterocycles. The van der Waals surface area contributed by atoms with E-state index in [1.54, 1.807) is 0 Å². The number of rotatable bonds is 3. The zero-order valence-corrected chi connectivity index (χ0v) is 10.5. The molecular weight excluding hydrogens is 246 g/mol. The Bertz CT molecular complexity index is 393. The fourth-order valence-corrected chi connectivity index (χ4v) is 3.40. The molecule has 2 rings (SSSR count). The van der Waals surface area contributed by atoms with Gasteiger partial charge in [-0.3, -0.25) is 4.18 Å². The summed E-state index contributed by atoms with van der Waals surface area (Å²) < 4.78 is 26.6. The van der Waals surface area contributed by atoms with Crippen molar-refractivity contribution in [1.82, 2.24) is 4.90 Å². The highest BCUT2D eigenvalue weighted by Gasteiger charge is 2.43. The van der Waals surface area contributed by atoms with Crippen molar-refractivity contribution in [3.8, 4) is 0 Å². The lowest BCUT2D eigenvalue weighted by molar-refractivity contribution is 0.0722. The predicted octanol–water partition coefficient (Wildman–Crippen LogP) is 0.884. The van der Waals surface area contributed by atoms with Gasteiger partial charge in [-0.05, 0) is 31.6 Å². The van der Waals surface area contributed by atoms with Gasteiger partial charge in [0.2, 0.25) is 0 Å². The first-order valence-electron chi connectivity index (χ1n) is 5.72. The first-order valence-corrected chi connectivity index (χ1v) is 7.54. The van der Waals surface area contributed by atoms with Crippen molar-refractivity contribution in [2.24, 2.45) is 5.92 Å². The van der Waals surface area contributed by atoms with Crippen LogP contribution in [0.25, 0.3) is 0 Å². The normalized spacial score (nSPS) is 32.8. The highest BCUT2D eigenvalue weighted by molar-refractivity contribution is 7.85. The van der Waals surface area contributed by atoms with Crippen molar-refractivity contribution in [2.45, 2.75) is 37.8 Å². The molecule has 1 N–H and O–H groups in total. The fourth-order valence-electron chi connectivity index (χ4n) is 2.96. The van der Waals surface area contributed by atoms with Crippen LogP contribution in [0.5, 0.6) is 0 Å². The molecule has 0 saturated carbocycles. The molecule has 2 bridgehead atoms. The summed E-state index contributed by atoms with van der Waals surface area (Å²) in [6, 6.07) is 0.0822. The van der Waals surface area contributed by atoms with Crippen molar-refractivity contribution in [2.75, 3.05) is 12.9 Å². The number of amides is 1. The SMILES string of the molecule is CS(=O)(=O)OCC1CC2CCC(C1)N2C(=O)O. The van der Waals surface area contributed by atoms with E-state index in [0.717, 1.165) is 19.1 Å². The highest BCUT2D eigenvalue weighted by atomic mass is 32.2. The maximum Gasteiger partial charge on any atom is 0.407 e. The Labute approximate surface area is 101 Å². The Morgan fingerprint density at radius 3 is 2.29 bits per heavy atom. The maximum atomic E-state index is 11.0. The molecule has 0 aromatic rings. The van der Waals surface area contributed by atoms with E-state index >= 15 is 0 Å². The third kappa shape index (κ3) is 2.90. The van der Waals surface area contributed by atoms with Crippen molar-refractivity contribution in [3.05, 3.63) is 0 Å². The largest absolute Gasteiger partial charge is 0.465 e. The topological polar surface area (TPSA) is 83.9 Å². The highest BCUT2D eigenvalue weighted by Crippen LogP contribution is 2.38. The molecule has 0 aromatic heterocycles. The van der Waals surface area contributed by atoms with Gasteiger partial charge in [-0.2, -0.15) is 8.42 Å². The fraction of sp³-hybridized carbons (Fsp3) is 0.900. The van der Waals surface area contributed by atoms with Crippen LogP contribution >= 0.6 is 0 Å². The first kappa shape index (κ1) is 12.6. The average Bonchev–Trinajstić information content (AvgIpc) is 2.47. The second kappa shape index (κ2) is 4.45. The number of hydrogen-bond acceptors (Lipinski definition) is 4. The summed E-state index contributed by atoms with van der Waals surface area (Å²) >= 11 is 0. The Kier molecular flexibility index (Phi) is 3.31. The van der Waals surface area contributed by atoms with E-state index in [-0.39, 0.29) is 24.6 Å². The monoisotopic (exact) mass is 263 g/mol. The van der Waals surface area contributed by atoms with Crippen LogP contribution in [0.15, 0.2) is 0 Å². The summed E-state index contributed by atoms with van der Waals surface area (Å²) in [5, 5.41) is 9.06. The standard InChI is InChI=1S/C10H17NO5S/c1-17(14,15)16-6-7-4-8-2-3-9(5-7)11(8)10(12)13/h7-9H,2-6H2,1H3,(H,12,13). The summed E-state index contributed by atoms with van der Waals surface area (Å²) in [4.78, 5) is 12.6. The summed E-state index contributed by atoms with van der Waals surface area (Å²) in [6.07, 6.45) is 3.35. The van der Waals surface area contributed by atoms with Gasteiger partial charge in [0.05, 0.1) is 12.9 Å². The minimum Gasteiger partial charge on any atom is -0.465 e. The van der Waals surface area contributed by atoms with Gasteiger partial charge in [0.25, 0.3) is 10.1 Å². The summed E-state index contributed by atoms with van der Waals surface area (Å²) in [7, 11) is -3.40. The van der Waals surface area contributed by atoms with E-state index in [2.05, 4.69) is 0 Å². The van der Waals surface area contributed by atoms with Crippen LogP contribution < -0.4 is 0 Å². The van der Waals surface area contributed by atoms with E-state index in [9.17, 15) is 13.2 Å². The molecule has 2 atom stereocenters. The average molecular weight is 263 g/mol. The molecule has 0 aliphatic carbocycles. The molecule has 17 heavy (non-hydrogen) atoms. The molecule has 2 unspecified atom stereocenters. The minimum atomic E-state index is -3.40. The van der Waals surface area contributed by atoms with Crippen molar-refractivity contribution >= 4 is 16.2 Å². The smallest absolute Gasteiger partial charge is 0.407 e. The third-order valence-corrected chi connectivity index (χ3v) is 4.13. The first-order chi connectivity index (χ1) is 7.87. The van der Waals surface area contributed by atoms with Gasteiger partial charge in [0, 0.05) is 12.1 Å². The van der Waals surface area contributed by atoms with Crippen molar-refractivity contribution in [1.29, 1.82) is 0 Å². The number of piperidine rings is 1. The number of carboxylic acid groups (broad SMARTS) is 1. The van der Waals surface area contributed by atoms with Gasteiger partial charge in [0.15, 0.2) is 0 Å². The minimum absolute atomic E-state index is 0.0411. The Balaban J connectivity index is 1.93. The third-order valence-electron chi connectivity index (χ3n) is 3.57. The molecule has 2 heterocycles. The molecule has 2 aliphatic rings. The van der Waals surface area contributed by atoms with Gasteiger partial charge in [-0.25, -0.2) is 4.79 Å². The molecule has 0 spiro atoms. The molecular formula is C10H17NO5S.